The third-order valence-electron chi connectivity index (χ3n) is 5.45. The molecule has 2 aromatic carbocycles. The number of aromatic nitrogens is 2. The van der Waals surface area contributed by atoms with Gasteiger partial charge >= 0.3 is 6.03 Å². The van der Waals surface area contributed by atoms with E-state index in [-0.39, 0.29) is 25.1 Å². The highest BCUT2D eigenvalue weighted by atomic mass is 16.7. The summed E-state index contributed by atoms with van der Waals surface area (Å²) in [6.45, 7) is 1.74. The Bertz CT molecular complexity index is 1190. The Morgan fingerprint density at radius 1 is 1.12 bits per heavy atom. The van der Waals surface area contributed by atoms with E-state index in [1.54, 1.807) is 44.4 Å². The van der Waals surface area contributed by atoms with E-state index in [2.05, 4.69) is 15.5 Å². The second-order valence-corrected chi connectivity index (χ2v) is 7.76. The van der Waals surface area contributed by atoms with E-state index < -0.39 is 11.6 Å². The Kier molecular flexibility index (Phi) is 4.69. The minimum Gasteiger partial charge on any atom is -0.497 e. The maximum absolute atomic E-state index is 13.1. The zero-order valence-electron chi connectivity index (χ0n) is 17.5. The first kappa shape index (κ1) is 19.9. The largest absolute Gasteiger partial charge is 0.497 e. The summed E-state index contributed by atoms with van der Waals surface area (Å²) < 4.78 is 21.1. The van der Waals surface area contributed by atoms with Crippen molar-refractivity contribution in [2.45, 2.75) is 25.4 Å². The minimum absolute atomic E-state index is 0.120. The molecule has 32 heavy (non-hydrogen) atoms. The molecule has 0 spiro atoms. The second kappa shape index (κ2) is 7.56. The van der Waals surface area contributed by atoms with Crippen LogP contribution in [0.1, 0.15) is 18.4 Å². The van der Waals surface area contributed by atoms with Crippen molar-refractivity contribution in [3.8, 4) is 28.6 Å². The maximum atomic E-state index is 13.1. The number of benzene rings is 2. The molecule has 3 aromatic rings. The van der Waals surface area contributed by atoms with E-state index in [0.717, 1.165) is 16.0 Å². The zero-order chi connectivity index (χ0) is 22.3. The molecule has 1 unspecified atom stereocenters. The van der Waals surface area contributed by atoms with Crippen LogP contribution in [0.15, 0.2) is 47.0 Å². The van der Waals surface area contributed by atoms with E-state index in [9.17, 15) is 9.59 Å². The van der Waals surface area contributed by atoms with Crippen LogP contribution in [0.2, 0.25) is 0 Å². The highest BCUT2D eigenvalue weighted by Gasteiger charge is 2.48. The quantitative estimate of drug-likeness (QED) is 0.586. The van der Waals surface area contributed by atoms with Crippen molar-refractivity contribution in [3.05, 3.63) is 53.9 Å². The number of hydrogen-bond acceptors (Lipinski definition) is 8. The Morgan fingerprint density at radius 2 is 1.91 bits per heavy atom. The smallest absolute Gasteiger partial charge is 0.325 e. The molecule has 2 aliphatic rings. The van der Waals surface area contributed by atoms with Gasteiger partial charge in [-0.2, -0.15) is 4.98 Å². The molecule has 0 bridgehead atoms. The predicted molar refractivity (Wildman–Crippen MR) is 110 cm³/mol. The minimum atomic E-state index is -1.11. The fourth-order valence-corrected chi connectivity index (χ4v) is 3.78. The Hall–Kier alpha value is -4.08. The SMILES string of the molecule is COc1ccc(-c2noc(CN3C(=O)NC(C)(Cc4ccc5c(c4)OCO5)C3=O)n2)cc1. The van der Waals surface area contributed by atoms with Crippen LogP contribution in [-0.2, 0) is 17.8 Å². The normalized spacial score (nSPS) is 19.4. The van der Waals surface area contributed by atoms with Gasteiger partial charge in [-0.25, -0.2) is 4.79 Å². The molecule has 1 N–H and O–H groups in total. The van der Waals surface area contributed by atoms with Gasteiger partial charge in [0, 0.05) is 12.0 Å². The zero-order valence-corrected chi connectivity index (χ0v) is 17.5. The molecule has 5 rings (SSSR count). The molecule has 1 atom stereocenters. The lowest BCUT2D eigenvalue weighted by molar-refractivity contribution is -0.131. The van der Waals surface area contributed by atoms with Gasteiger partial charge in [-0.15, -0.1) is 0 Å². The molecule has 0 aliphatic carbocycles. The highest BCUT2D eigenvalue weighted by Crippen LogP contribution is 2.34. The number of hydrogen-bond donors (Lipinski definition) is 1. The molecule has 2 aliphatic heterocycles. The van der Waals surface area contributed by atoms with Crippen LogP contribution in [0.4, 0.5) is 4.79 Å². The van der Waals surface area contributed by atoms with Gasteiger partial charge in [-0.1, -0.05) is 11.2 Å². The first-order valence-corrected chi connectivity index (χ1v) is 9.95. The number of rotatable bonds is 6. The Balaban J connectivity index is 1.30. The van der Waals surface area contributed by atoms with Gasteiger partial charge < -0.3 is 24.1 Å². The number of amides is 3. The van der Waals surface area contributed by atoms with Crippen LogP contribution in [0.3, 0.4) is 0 Å². The molecule has 0 saturated carbocycles. The van der Waals surface area contributed by atoms with Crippen molar-refractivity contribution in [1.29, 1.82) is 0 Å². The number of carbonyl (C=O) groups excluding carboxylic acids is 2. The first-order valence-electron chi connectivity index (χ1n) is 9.95. The van der Waals surface area contributed by atoms with Crippen LogP contribution < -0.4 is 19.5 Å². The number of nitrogens with one attached hydrogen (secondary N) is 1. The van der Waals surface area contributed by atoms with Crippen molar-refractivity contribution in [1.82, 2.24) is 20.4 Å². The van der Waals surface area contributed by atoms with Gasteiger partial charge in [0.05, 0.1) is 7.11 Å². The van der Waals surface area contributed by atoms with Crippen molar-refractivity contribution >= 4 is 11.9 Å². The van der Waals surface area contributed by atoms with E-state index >= 15 is 0 Å². The molecule has 3 amide bonds. The maximum Gasteiger partial charge on any atom is 0.325 e. The molecule has 164 valence electrons. The number of fused-ring (bicyclic) bond motifs is 1. The Morgan fingerprint density at radius 3 is 2.69 bits per heavy atom. The van der Waals surface area contributed by atoms with Crippen LogP contribution >= 0.6 is 0 Å². The summed E-state index contributed by atoms with van der Waals surface area (Å²) in [6.07, 6.45) is 0.297. The average molecular weight is 436 g/mol. The van der Waals surface area contributed by atoms with E-state index in [4.69, 9.17) is 18.7 Å². The van der Waals surface area contributed by atoms with Crippen molar-refractivity contribution in [2.75, 3.05) is 13.9 Å². The van der Waals surface area contributed by atoms with Crippen LogP contribution in [0.25, 0.3) is 11.4 Å². The van der Waals surface area contributed by atoms with Crippen LogP contribution in [-0.4, -0.2) is 46.4 Å². The van der Waals surface area contributed by atoms with E-state index in [1.165, 1.54) is 0 Å². The molecular formula is C22H20N4O6. The summed E-state index contributed by atoms with van der Waals surface area (Å²) in [5.41, 5.74) is 0.460. The topological polar surface area (TPSA) is 116 Å². The average Bonchev–Trinajstić information content (AvgIpc) is 3.50. The van der Waals surface area contributed by atoms with E-state index in [0.29, 0.717) is 29.5 Å². The van der Waals surface area contributed by atoms with Gasteiger partial charge in [0.1, 0.15) is 17.8 Å². The fraction of sp³-hybridized carbons (Fsp3) is 0.273. The highest BCUT2D eigenvalue weighted by molar-refractivity contribution is 6.06. The van der Waals surface area contributed by atoms with Crippen LogP contribution in [0, 0.1) is 0 Å². The molecule has 1 fully saturated rings. The number of imide groups is 1. The number of urea groups is 1. The summed E-state index contributed by atoms with van der Waals surface area (Å²) in [4.78, 5) is 31.1. The lowest BCUT2D eigenvalue weighted by Crippen LogP contribution is -2.45. The van der Waals surface area contributed by atoms with Crippen LogP contribution in [0.5, 0.6) is 17.2 Å². The van der Waals surface area contributed by atoms with Gasteiger partial charge in [0.15, 0.2) is 11.5 Å². The molecular weight excluding hydrogens is 416 g/mol. The fourth-order valence-electron chi connectivity index (χ4n) is 3.78. The summed E-state index contributed by atoms with van der Waals surface area (Å²) >= 11 is 0. The third kappa shape index (κ3) is 3.49. The summed E-state index contributed by atoms with van der Waals surface area (Å²) in [5.74, 6) is 2.13. The second-order valence-electron chi connectivity index (χ2n) is 7.76. The summed E-state index contributed by atoms with van der Waals surface area (Å²) in [6, 6.07) is 12.1. The van der Waals surface area contributed by atoms with Crippen molar-refractivity contribution in [3.63, 3.8) is 0 Å². The number of ether oxygens (including phenoxy) is 3. The molecule has 1 saturated heterocycles. The lowest BCUT2D eigenvalue weighted by atomic mass is 9.92. The third-order valence-corrected chi connectivity index (χ3v) is 5.45. The number of carbonyl (C=O) groups is 2. The molecule has 10 heteroatoms. The van der Waals surface area contributed by atoms with Crippen molar-refractivity contribution in [2.24, 2.45) is 0 Å². The molecule has 0 radical (unpaired) electrons. The number of methoxy groups -OCH3 is 1. The van der Waals surface area contributed by atoms with Crippen molar-refractivity contribution < 1.29 is 28.3 Å². The first-order chi connectivity index (χ1) is 15.4. The standard InChI is InChI=1S/C22H20N4O6/c1-22(10-13-3-8-16-17(9-13)31-12-30-16)20(27)26(21(28)24-22)11-18-23-19(25-32-18)14-4-6-15(29-2)7-5-14/h3-9H,10-12H2,1-2H3,(H,24,28). The Labute approximate surface area is 183 Å². The molecule has 1 aromatic heterocycles. The van der Waals surface area contributed by atoms with Gasteiger partial charge in [-0.05, 0) is 48.9 Å². The number of nitrogens with zero attached hydrogens (tertiary/aromatic N) is 3. The lowest BCUT2D eigenvalue weighted by Gasteiger charge is -2.21. The monoisotopic (exact) mass is 436 g/mol. The molecule has 10 nitrogen and oxygen atoms in total. The van der Waals surface area contributed by atoms with Gasteiger partial charge in [0.25, 0.3) is 5.91 Å². The van der Waals surface area contributed by atoms with Gasteiger partial charge in [-0.3, -0.25) is 9.69 Å². The summed E-state index contributed by atoms with van der Waals surface area (Å²) in [5, 5.41) is 6.73. The molecule has 3 heterocycles. The summed E-state index contributed by atoms with van der Waals surface area (Å²) in [7, 11) is 1.58. The van der Waals surface area contributed by atoms with E-state index in [1.807, 2.05) is 12.1 Å². The predicted octanol–water partition coefficient (Wildman–Crippen LogP) is 2.53. The van der Waals surface area contributed by atoms with Gasteiger partial charge in [0.2, 0.25) is 18.5 Å².